The molecule has 1 heterocycles. The van der Waals surface area contributed by atoms with Gasteiger partial charge in [-0.25, -0.2) is 8.42 Å². The van der Waals surface area contributed by atoms with Crippen LogP contribution in [0.2, 0.25) is 0 Å². The number of nitrogen functional groups attached to an aromatic ring is 1. The van der Waals surface area contributed by atoms with E-state index < -0.39 is 9.84 Å². The number of rotatable bonds is 2. The molecule has 1 aliphatic heterocycles. The molecule has 0 spiro atoms. The van der Waals surface area contributed by atoms with Gasteiger partial charge in [-0.1, -0.05) is 0 Å². The topological polar surface area (TPSA) is 96.0 Å². The Morgan fingerprint density at radius 1 is 1.47 bits per heavy atom. The molecule has 0 bridgehead atoms. The van der Waals surface area contributed by atoms with E-state index in [4.69, 9.17) is 11.0 Å². The summed E-state index contributed by atoms with van der Waals surface area (Å²) in [5.74, 6) is 0.337. The molecule has 1 fully saturated rings. The van der Waals surface area contributed by atoms with E-state index in [1.165, 1.54) is 0 Å². The van der Waals surface area contributed by atoms with Gasteiger partial charge >= 0.3 is 0 Å². The van der Waals surface area contributed by atoms with Crippen molar-refractivity contribution < 1.29 is 8.42 Å². The standard InChI is InChI=1S/C11H13N3O2S/c12-6-8-5-9(13)1-2-11(8)14-10-3-4-17(15,16)7-10/h1-2,5,10,14H,3-4,7,13H2. The van der Waals surface area contributed by atoms with E-state index in [9.17, 15) is 8.42 Å². The van der Waals surface area contributed by atoms with Crippen LogP contribution >= 0.6 is 0 Å². The third-order valence-electron chi connectivity index (χ3n) is 2.76. The average Bonchev–Trinajstić information content (AvgIpc) is 2.61. The van der Waals surface area contributed by atoms with Crippen molar-refractivity contribution in [3.8, 4) is 6.07 Å². The Bertz CT molecular complexity index is 575. The monoisotopic (exact) mass is 251 g/mol. The van der Waals surface area contributed by atoms with Crippen molar-refractivity contribution in [1.29, 1.82) is 5.26 Å². The predicted octanol–water partition coefficient (Wildman–Crippen LogP) is 0.739. The van der Waals surface area contributed by atoms with E-state index in [1.807, 2.05) is 6.07 Å². The highest BCUT2D eigenvalue weighted by molar-refractivity contribution is 7.91. The first kappa shape index (κ1) is 11.7. The fraction of sp³-hybridized carbons (Fsp3) is 0.364. The molecule has 0 saturated carbocycles. The lowest BCUT2D eigenvalue weighted by atomic mass is 10.1. The minimum Gasteiger partial charge on any atom is -0.399 e. The van der Waals surface area contributed by atoms with E-state index in [-0.39, 0.29) is 17.5 Å². The molecular weight excluding hydrogens is 238 g/mol. The summed E-state index contributed by atoms with van der Waals surface area (Å²) in [6.07, 6.45) is 0.581. The van der Waals surface area contributed by atoms with Crippen LogP contribution in [-0.2, 0) is 9.84 Å². The number of sulfone groups is 1. The van der Waals surface area contributed by atoms with Crippen molar-refractivity contribution in [2.45, 2.75) is 12.5 Å². The summed E-state index contributed by atoms with van der Waals surface area (Å²) in [5.41, 5.74) is 7.18. The summed E-state index contributed by atoms with van der Waals surface area (Å²) >= 11 is 0. The molecule has 6 heteroatoms. The summed E-state index contributed by atoms with van der Waals surface area (Å²) in [6.45, 7) is 0. The SMILES string of the molecule is N#Cc1cc(N)ccc1NC1CCS(=O)(=O)C1. The lowest BCUT2D eigenvalue weighted by molar-refractivity contribution is 0.602. The maximum Gasteiger partial charge on any atom is 0.152 e. The second kappa shape index (κ2) is 4.26. The lowest BCUT2D eigenvalue weighted by Crippen LogP contribution is -2.21. The molecule has 1 aromatic carbocycles. The van der Waals surface area contributed by atoms with Gasteiger partial charge in [0.2, 0.25) is 0 Å². The minimum absolute atomic E-state index is 0.115. The van der Waals surface area contributed by atoms with E-state index in [0.29, 0.717) is 23.4 Å². The van der Waals surface area contributed by atoms with E-state index in [1.54, 1.807) is 18.2 Å². The van der Waals surface area contributed by atoms with Crippen molar-refractivity contribution in [2.75, 3.05) is 22.6 Å². The number of hydrogen-bond acceptors (Lipinski definition) is 5. The fourth-order valence-corrected chi connectivity index (χ4v) is 3.58. The molecule has 5 nitrogen and oxygen atoms in total. The highest BCUT2D eigenvalue weighted by Crippen LogP contribution is 2.22. The van der Waals surface area contributed by atoms with Gasteiger partial charge in [0.25, 0.3) is 0 Å². The molecular formula is C11H13N3O2S. The third-order valence-corrected chi connectivity index (χ3v) is 4.52. The highest BCUT2D eigenvalue weighted by Gasteiger charge is 2.28. The number of nitrogens with zero attached hydrogens (tertiary/aromatic N) is 1. The Morgan fingerprint density at radius 3 is 2.82 bits per heavy atom. The maximum absolute atomic E-state index is 11.3. The largest absolute Gasteiger partial charge is 0.399 e. The van der Waals surface area contributed by atoms with Crippen LogP contribution in [0.5, 0.6) is 0 Å². The van der Waals surface area contributed by atoms with Crippen LogP contribution in [0.4, 0.5) is 11.4 Å². The molecule has 90 valence electrons. The van der Waals surface area contributed by atoms with Crippen LogP contribution in [0.1, 0.15) is 12.0 Å². The number of nitrogens with two attached hydrogens (primary N) is 1. The van der Waals surface area contributed by atoms with E-state index >= 15 is 0 Å². The Hall–Kier alpha value is -1.74. The first-order valence-corrected chi connectivity index (χ1v) is 7.09. The van der Waals surface area contributed by atoms with Gasteiger partial charge in [-0.15, -0.1) is 0 Å². The van der Waals surface area contributed by atoms with Crippen molar-refractivity contribution in [3.05, 3.63) is 23.8 Å². The van der Waals surface area contributed by atoms with Gasteiger partial charge in [0.05, 0.1) is 22.8 Å². The molecule has 2 rings (SSSR count). The van der Waals surface area contributed by atoms with Crippen LogP contribution in [0.3, 0.4) is 0 Å². The normalized spacial score (nSPS) is 21.9. The number of benzene rings is 1. The number of nitrogens with one attached hydrogen (secondary N) is 1. The summed E-state index contributed by atoms with van der Waals surface area (Å²) in [6, 6.07) is 6.89. The van der Waals surface area contributed by atoms with Gasteiger partial charge in [0.15, 0.2) is 9.84 Å². The molecule has 0 aromatic heterocycles. The molecule has 1 unspecified atom stereocenters. The van der Waals surface area contributed by atoms with Crippen molar-refractivity contribution in [1.82, 2.24) is 0 Å². The third kappa shape index (κ3) is 2.68. The Balaban J connectivity index is 2.18. The van der Waals surface area contributed by atoms with Crippen LogP contribution < -0.4 is 11.1 Å². The van der Waals surface area contributed by atoms with Crippen molar-refractivity contribution in [3.63, 3.8) is 0 Å². The fourth-order valence-electron chi connectivity index (χ4n) is 1.91. The number of nitriles is 1. The average molecular weight is 251 g/mol. The van der Waals surface area contributed by atoms with Gasteiger partial charge < -0.3 is 11.1 Å². The summed E-state index contributed by atoms with van der Waals surface area (Å²) in [4.78, 5) is 0. The van der Waals surface area contributed by atoms with Gasteiger partial charge in [-0.05, 0) is 24.6 Å². The van der Waals surface area contributed by atoms with Crippen LogP contribution in [-0.4, -0.2) is 26.0 Å². The Kier molecular flexibility index (Phi) is 2.94. The number of anilines is 2. The first-order valence-electron chi connectivity index (χ1n) is 5.27. The van der Waals surface area contributed by atoms with Crippen LogP contribution in [0.15, 0.2) is 18.2 Å². The molecule has 0 aliphatic carbocycles. The zero-order valence-electron chi connectivity index (χ0n) is 9.18. The molecule has 1 saturated heterocycles. The van der Waals surface area contributed by atoms with Gasteiger partial charge in [-0.3, -0.25) is 0 Å². The highest BCUT2D eigenvalue weighted by atomic mass is 32.2. The molecule has 1 atom stereocenters. The van der Waals surface area contributed by atoms with Crippen molar-refractivity contribution in [2.24, 2.45) is 0 Å². The molecule has 3 N–H and O–H groups in total. The summed E-state index contributed by atoms with van der Waals surface area (Å²) in [7, 11) is -2.91. The predicted molar refractivity (Wildman–Crippen MR) is 66.3 cm³/mol. The zero-order chi connectivity index (χ0) is 12.5. The maximum atomic E-state index is 11.3. The molecule has 1 aliphatic rings. The summed E-state index contributed by atoms with van der Waals surface area (Å²) < 4.78 is 22.6. The Labute approximate surface area is 100 Å². The van der Waals surface area contributed by atoms with Crippen molar-refractivity contribution >= 4 is 21.2 Å². The lowest BCUT2D eigenvalue weighted by Gasteiger charge is -2.13. The second-order valence-electron chi connectivity index (χ2n) is 4.16. The molecule has 17 heavy (non-hydrogen) atoms. The van der Waals surface area contributed by atoms with Crippen LogP contribution in [0, 0.1) is 11.3 Å². The summed E-state index contributed by atoms with van der Waals surface area (Å²) in [5, 5.41) is 12.0. The molecule has 1 aromatic rings. The van der Waals surface area contributed by atoms with Gasteiger partial charge in [-0.2, -0.15) is 5.26 Å². The quantitative estimate of drug-likeness (QED) is 0.756. The molecule has 0 amide bonds. The smallest absolute Gasteiger partial charge is 0.152 e. The van der Waals surface area contributed by atoms with Gasteiger partial charge in [0, 0.05) is 11.7 Å². The number of hydrogen-bond donors (Lipinski definition) is 2. The van der Waals surface area contributed by atoms with Gasteiger partial charge in [0.1, 0.15) is 6.07 Å². The van der Waals surface area contributed by atoms with Crippen LogP contribution in [0.25, 0.3) is 0 Å². The zero-order valence-corrected chi connectivity index (χ0v) is 10.00. The van der Waals surface area contributed by atoms with E-state index in [0.717, 1.165) is 0 Å². The van der Waals surface area contributed by atoms with E-state index in [2.05, 4.69) is 5.32 Å². The Morgan fingerprint density at radius 2 is 2.24 bits per heavy atom. The molecule has 0 radical (unpaired) electrons. The minimum atomic E-state index is -2.91. The first-order chi connectivity index (χ1) is 8.00. The second-order valence-corrected chi connectivity index (χ2v) is 6.39.